The normalized spacial score (nSPS) is 15.8. The molecule has 3 aromatic carbocycles. The van der Waals surface area contributed by atoms with Crippen molar-refractivity contribution in [3.63, 3.8) is 0 Å². The van der Waals surface area contributed by atoms with Crippen molar-refractivity contribution in [2.24, 2.45) is 5.92 Å². The number of nitrogens with zero attached hydrogens (tertiary/aromatic N) is 1. The van der Waals surface area contributed by atoms with Gasteiger partial charge in [0.1, 0.15) is 5.75 Å². The van der Waals surface area contributed by atoms with Crippen molar-refractivity contribution in [2.45, 2.75) is 25.7 Å². The Hall–Kier alpha value is -3.34. The summed E-state index contributed by atoms with van der Waals surface area (Å²) in [5.41, 5.74) is 3.63. The number of hydrogen-bond acceptors (Lipinski definition) is 3. The number of hydrogen-bond donors (Lipinski definition) is 1. The van der Waals surface area contributed by atoms with E-state index in [1.807, 2.05) is 36.4 Å². The number of anilines is 1. The summed E-state index contributed by atoms with van der Waals surface area (Å²) >= 11 is 0. The van der Waals surface area contributed by atoms with E-state index in [-0.39, 0.29) is 24.3 Å². The number of nitrogens with one attached hydrogen (secondary N) is 1. The quantitative estimate of drug-likeness (QED) is 0.681. The number of benzene rings is 3. The van der Waals surface area contributed by atoms with Gasteiger partial charge in [0, 0.05) is 30.1 Å². The van der Waals surface area contributed by atoms with Gasteiger partial charge in [-0.15, -0.1) is 0 Å². The molecule has 1 saturated heterocycles. The monoisotopic (exact) mass is 414 g/mol. The van der Waals surface area contributed by atoms with Crippen LogP contribution in [0.4, 0.5) is 5.69 Å². The van der Waals surface area contributed by atoms with E-state index in [0.29, 0.717) is 31.7 Å². The lowest BCUT2D eigenvalue weighted by atomic mass is 9.95. The molecule has 0 saturated carbocycles. The summed E-state index contributed by atoms with van der Waals surface area (Å²) in [4.78, 5) is 27.2. The highest BCUT2D eigenvalue weighted by Gasteiger charge is 2.28. The predicted octanol–water partition coefficient (Wildman–Crippen LogP) is 4.19. The number of piperidine rings is 1. The molecule has 5 nitrogen and oxygen atoms in total. The van der Waals surface area contributed by atoms with Gasteiger partial charge < -0.3 is 15.0 Å². The van der Waals surface area contributed by atoms with Crippen LogP contribution in [0.25, 0.3) is 10.8 Å². The van der Waals surface area contributed by atoms with Crippen LogP contribution >= 0.6 is 0 Å². The molecule has 1 aliphatic heterocycles. The molecule has 0 radical (unpaired) electrons. The van der Waals surface area contributed by atoms with Gasteiger partial charge in [0.15, 0.2) is 6.61 Å². The topological polar surface area (TPSA) is 58.6 Å². The third-order valence-corrected chi connectivity index (χ3v) is 6.46. The summed E-state index contributed by atoms with van der Waals surface area (Å²) in [6.45, 7) is 1.19. The van der Waals surface area contributed by atoms with Crippen LogP contribution < -0.4 is 10.1 Å². The van der Waals surface area contributed by atoms with Crippen LogP contribution in [0.1, 0.15) is 24.0 Å². The summed E-state index contributed by atoms with van der Waals surface area (Å²) in [5, 5.41) is 5.60. The fraction of sp³-hybridized carbons (Fsp3) is 0.308. The number of rotatable bonds is 5. The molecule has 2 amide bonds. The molecule has 1 aliphatic carbocycles. The number of carbonyl (C=O) groups is 2. The highest BCUT2D eigenvalue weighted by molar-refractivity contribution is 6.05. The minimum Gasteiger partial charge on any atom is -0.484 e. The van der Waals surface area contributed by atoms with Crippen molar-refractivity contribution in [3.05, 3.63) is 71.8 Å². The van der Waals surface area contributed by atoms with Crippen LogP contribution in [0, 0.1) is 5.92 Å². The molecular formula is C26H26N2O3. The average molecular weight is 415 g/mol. The molecule has 1 N–H and O–H groups in total. The van der Waals surface area contributed by atoms with Gasteiger partial charge in [-0.1, -0.05) is 42.5 Å². The van der Waals surface area contributed by atoms with E-state index in [2.05, 4.69) is 29.6 Å². The molecule has 0 aromatic heterocycles. The van der Waals surface area contributed by atoms with Gasteiger partial charge in [-0.2, -0.15) is 0 Å². The van der Waals surface area contributed by atoms with Crippen molar-refractivity contribution in [3.8, 4) is 5.75 Å². The number of para-hydroxylation sites is 1. The molecular weight excluding hydrogens is 388 g/mol. The van der Waals surface area contributed by atoms with E-state index < -0.39 is 0 Å². The van der Waals surface area contributed by atoms with Crippen molar-refractivity contribution in [1.29, 1.82) is 0 Å². The molecule has 2 aliphatic rings. The largest absolute Gasteiger partial charge is 0.484 e. The highest BCUT2D eigenvalue weighted by atomic mass is 16.5. The number of ether oxygens (including phenoxy) is 1. The Bertz CT molecular complexity index is 1110. The van der Waals surface area contributed by atoms with Gasteiger partial charge in [0.2, 0.25) is 5.91 Å². The maximum Gasteiger partial charge on any atom is 0.260 e. The molecule has 5 rings (SSSR count). The molecule has 5 heteroatoms. The van der Waals surface area contributed by atoms with Gasteiger partial charge in [0.05, 0.1) is 0 Å². The second kappa shape index (κ2) is 8.42. The van der Waals surface area contributed by atoms with Crippen LogP contribution in [-0.2, 0) is 22.4 Å². The number of likely N-dealkylation sites (tertiary alicyclic amines) is 1. The summed E-state index contributed by atoms with van der Waals surface area (Å²) < 4.78 is 5.57. The Morgan fingerprint density at radius 2 is 1.65 bits per heavy atom. The Labute approximate surface area is 182 Å². The summed E-state index contributed by atoms with van der Waals surface area (Å²) in [7, 11) is 0. The minimum absolute atomic E-state index is 0.0293. The second-order valence-corrected chi connectivity index (χ2v) is 8.36. The lowest BCUT2D eigenvalue weighted by Gasteiger charge is -2.31. The first-order valence-corrected chi connectivity index (χ1v) is 11.0. The molecule has 0 unspecified atom stereocenters. The maximum atomic E-state index is 12.9. The van der Waals surface area contributed by atoms with E-state index in [9.17, 15) is 9.59 Å². The SMILES string of the molecule is O=C(Nc1ccc2c3c(cccc13)CC2)C1CCN(C(=O)COc2ccccc2)CC1. The molecule has 0 bridgehead atoms. The van der Waals surface area contributed by atoms with Gasteiger partial charge in [-0.25, -0.2) is 0 Å². The fourth-order valence-electron chi connectivity index (χ4n) is 4.73. The molecule has 0 atom stereocenters. The predicted molar refractivity (Wildman–Crippen MR) is 121 cm³/mol. The molecule has 158 valence electrons. The van der Waals surface area contributed by atoms with Crippen molar-refractivity contribution >= 4 is 28.3 Å². The lowest BCUT2D eigenvalue weighted by molar-refractivity contribution is -0.136. The van der Waals surface area contributed by atoms with E-state index in [4.69, 9.17) is 4.74 Å². The van der Waals surface area contributed by atoms with E-state index in [0.717, 1.165) is 23.9 Å². The zero-order valence-electron chi connectivity index (χ0n) is 17.5. The van der Waals surface area contributed by atoms with Crippen LogP contribution in [-0.4, -0.2) is 36.4 Å². The first kappa shape index (κ1) is 19.6. The van der Waals surface area contributed by atoms with Crippen molar-refractivity contribution < 1.29 is 14.3 Å². The first-order chi connectivity index (χ1) is 15.2. The molecule has 1 fully saturated rings. The smallest absolute Gasteiger partial charge is 0.260 e. The van der Waals surface area contributed by atoms with Gasteiger partial charge >= 0.3 is 0 Å². The van der Waals surface area contributed by atoms with Crippen LogP contribution in [0.3, 0.4) is 0 Å². The number of amides is 2. The van der Waals surface area contributed by atoms with Crippen LogP contribution in [0.2, 0.25) is 0 Å². The second-order valence-electron chi connectivity index (χ2n) is 8.36. The van der Waals surface area contributed by atoms with Crippen molar-refractivity contribution in [2.75, 3.05) is 25.0 Å². The summed E-state index contributed by atoms with van der Waals surface area (Å²) in [5.74, 6) is 0.624. The zero-order valence-corrected chi connectivity index (χ0v) is 17.5. The Balaban J connectivity index is 1.18. The highest BCUT2D eigenvalue weighted by Crippen LogP contribution is 2.35. The van der Waals surface area contributed by atoms with Gasteiger partial charge in [-0.05, 0) is 60.4 Å². The van der Waals surface area contributed by atoms with E-state index in [1.165, 1.54) is 16.5 Å². The fourth-order valence-corrected chi connectivity index (χ4v) is 4.73. The Morgan fingerprint density at radius 1 is 0.903 bits per heavy atom. The first-order valence-electron chi connectivity index (χ1n) is 11.0. The lowest BCUT2D eigenvalue weighted by Crippen LogP contribution is -2.43. The van der Waals surface area contributed by atoms with Gasteiger partial charge in [-0.3, -0.25) is 9.59 Å². The maximum absolute atomic E-state index is 12.9. The third kappa shape index (κ3) is 4.00. The molecule has 0 spiro atoms. The molecule has 31 heavy (non-hydrogen) atoms. The van der Waals surface area contributed by atoms with Crippen molar-refractivity contribution in [1.82, 2.24) is 4.90 Å². The third-order valence-electron chi connectivity index (χ3n) is 6.46. The summed E-state index contributed by atoms with van der Waals surface area (Å²) in [6, 6.07) is 19.9. The summed E-state index contributed by atoms with van der Waals surface area (Å²) in [6.07, 6.45) is 3.49. The average Bonchev–Trinajstić information content (AvgIpc) is 3.24. The molecule has 3 aromatic rings. The Morgan fingerprint density at radius 3 is 2.42 bits per heavy atom. The number of aryl methyl sites for hydroxylation is 2. The number of carbonyl (C=O) groups excluding carboxylic acids is 2. The van der Waals surface area contributed by atoms with E-state index >= 15 is 0 Å². The standard InChI is InChI=1S/C26H26N2O3/c29-24(17-31-21-6-2-1-3-7-21)28-15-13-20(14-16-28)26(30)27-23-12-11-19-10-9-18-5-4-8-22(23)25(18)19/h1-8,11-12,20H,9-10,13-17H2,(H,27,30). The van der Waals surface area contributed by atoms with Crippen LogP contribution in [0.15, 0.2) is 60.7 Å². The van der Waals surface area contributed by atoms with Crippen LogP contribution in [0.5, 0.6) is 5.75 Å². The Kier molecular flexibility index (Phi) is 5.33. The van der Waals surface area contributed by atoms with E-state index in [1.54, 1.807) is 4.90 Å². The van der Waals surface area contributed by atoms with Gasteiger partial charge in [0.25, 0.3) is 5.91 Å². The zero-order chi connectivity index (χ0) is 21.2. The minimum atomic E-state index is -0.0814. The molecule has 1 heterocycles.